The number of piperidine rings is 1. The number of methoxy groups -OCH3 is 2. The third kappa shape index (κ3) is 4.39. The molecule has 0 atom stereocenters. The summed E-state index contributed by atoms with van der Waals surface area (Å²) in [6.07, 6.45) is 2.15. The Kier molecular flexibility index (Phi) is 6.30. The number of amides is 1. The van der Waals surface area contributed by atoms with E-state index in [0.717, 1.165) is 31.3 Å². The van der Waals surface area contributed by atoms with E-state index in [9.17, 15) is 9.59 Å². The summed E-state index contributed by atoms with van der Waals surface area (Å²) in [5.74, 6) is 2.13. The zero-order valence-electron chi connectivity index (χ0n) is 18.6. The zero-order valence-corrected chi connectivity index (χ0v) is 18.6. The second-order valence-electron chi connectivity index (χ2n) is 8.11. The Morgan fingerprint density at radius 3 is 2.59 bits per heavy atom. The van der Waals surface area contributed by atoms with Crippen molar-refractivity contribution in [2.75, 3.05) is 37.5 Å². The van der Waals surface area contributed by atoms with Gasteiger partial charge in [0.15, 0.2) is 0 Å². The van der Waals surface area contributed by atoms with Crippen molar-refractivity contribution in [3.8, 4) is 11.5 Å². The van der Waals surface area contributed by atoms with Crippen molar-refractivity contribution in [1.29, 1.82) is 0 Å². The minimum Gasteiger partial charge on any atom is -0.497 e. The Morgan fingerprint density at radius 2 is 1.88 bits per heavy atom. The number of carbonyl (C=O) groups excluding carboxylic acids is 1. The Morgan fingerprint density at radius 1 is 1.12 bits per heavy atom. The molecule has 2 heterocycles. The van der Waals surface area contributed by atoms with Gasteiger partial charge in [0.1, 0.15) is 23.9 Å². The van der Waals surface area contributed by atoms with Crippen LogP contribution in [0.25, 0.3) is 10.9 Å². The quantitative estimate of drug-likeness (QED) is 0.638. The molecule has 0 bridgehead atoms. The fourth-order valence-electron chi connectivity index (χ4n) is 4.06. The summed E-state index contributed by atoms with van der Waals surface area (Å²) in [6, 6.07) is 12.7. The Bertz CT molecular complexity index is 1180. The summed E-state index contributed by atoms with van der Waals surface area (Å²) in [5.41, 5.74) is 0.759. The van der Waals surface area contributed by atoms with Gasteiger partial charge in [-0.25, -0.2) is 4.79 Å². The first-order chi connectivity index (χ1) is 15.5. The molecular formula is C24H28N4O4. The SMILES string of the molecule is COc1ccc(NC(=O)Cn2c(=O)nc(N3CCC(C)CC3)c3ccccc32)c(OC)c1. The maximum Gasteiger partial charge on any atom is 0.350 e. The van der Waals surface area contributed by atoms with Gasteiger partial charge < -0.3 is 19.7 Å². The molecule has 0 aliphatic carbocycles. The summed E-state index contributed by atoms with van der Waals surface area (Å²) in [7, 11) is 3.08. The highest BCUT2D eigenvalue weighted by molar-refractivity contribution is 5.94. The summed E-state index contributed by atoms with van der Waals surface area (Å²) in [5, 5.41) is 3.69. The van der Waals surface area contributed by atoms with Crippen LogP contribution in [0.4, 0.5) is 11.5 Å². The fraction of sp³-hybridized carbons (Fsp3) is 0.375. The zero-order chi connectivity index (χ0) is 22.7. The number of para-hydroxylation sites is 1. The molecule has 3 aromatic rings. The van der Waals surface area contributed by atoms with Gasteiger partial charge in [0.25, 0.3) is 0 Å². The molecule has 8 heteroatoms. The van der Waals surface area contributed by atoms with Crippen LogP contribution in [-0.4, -0.2) is 42.8 Å². The van der Waals surface area contributed by atoms with Crippen molar-refractivity contribution in [3.63, 3.8) is 0 Å². The Balaban J connectivity index is 1.63. The standard InChI is InChI=1S/C24H28N4O4/c1-16-10-12-27(13-11-16)23-18-6-4-5-7-20(18)28(24(30)26-23)15-22(29)25-19-9-8-17(31-2)14-21(19)32-3/h4-9,14,16H,10-13,15H2,1-3H3,(H,25,29). The fourth-order valence-corrected chi connectivity index (χ4v) is 4.06. The first-order valence-electron chi connectivity index (χ1n) is 10.8. The average molecular weight is 437 g/mol. The predicted molar refractivity (Wildman–Crippen MR) is 125 cm³/mol. The van der Waals surface area contributed by atoms with Gasteiger partial charge in [0, 0.05) is 24.5 Å². The summed E-state index contributed by atoms with van der Waals surface area (Å²) in [4.78, 5) is 32.3. The molecular weight excluding hydrogens is 408 g/mol. The molecule has 32 heavy (non-hydrogen) atoms. The van der Waals surface area contributed by atoms with Crippen LogP contribution in [0.1, 0.15) is 19.8 Å². The van der Waals surface area contributed by atoms with Crippen LogP contribution in [0, 0.1) is 5.92 Å². The highest BCUT2D eigenvalue weighted by atomic mass is 16.5. The van der Waals surface area contributed by atoms with Gasteiger partial charge >= 0.3 is 5.69 Å². The van der Waals surface area contributed by atoms with Gasteiger partial charge in [0.2, 0.25) is 5.91 Å². The van der Waals surface area contributed by atoms with Crippen molar-refractivity contribution in [2.24, 2.45) is 5.92 Å². The highest BCUT2D eigenvalue weighted by Crippen LogP contribution is 2.30. The molecule has 1 aliphatic rings. The van der Waals surface area contributed by atoms with Crippen molar-refractivity contribution < 1.29 is 14.3 Å². The third-order valence-electron chi connectivity index (χ3n) is 5.94. The Hall–Kier alpha value is -3.55. The summed E-state index contributed by atoms with van der Waals surface area (Å²) < 4.78 is 11.9. The van der Waals surface area contributed by atoms with Crippen LogP contribution in [0.15, 0.2) is 47.3 Å². The van der Waals surface area contributed by atoms with Crippen LogP contribution >= 0.6 is 0 Å². The number of aromatic nitrogens is 2. The summed E-state index contributed by atoms with van der Waals surface area (Å²) in [6.45, 7) is 3.84. The normalized spacial score (nSPS) is 14.4. The van der Waals surface area contributed by atoms with Crippen molar-refractivity contribution >= 4 is 28.3 Å². The minimum atomic E-state index is -0.436. The first-order valence-corrected chi connectivity index (χ1v) is 10.8. The van der Waals surface area contributed by atoms with E-state index in [0.29, 0.717) is 34.4 Å². The van der Waals surface area contributed by atoms with Crippen LogP contribution in [0.5, 0.6) is 11.5 Å². The monoisotopic (exact) mass is 436 g/mol. The van der Waals surface area contributed by atoms with E-state index < -0.39 is 5.69 Å². The molecule has 1 amide bonds. The van der Waals surface area contributed by atoms with Gasteiger partial charge in [-0.15, -0.1) is 0 Å². The van der Waals surface area contributed by atoms with E-state index in [2.05, 4.69) is 22.1 Å². The van der Waals surface area contributed by atoms with Gasteiger partial charge in [-0.05, 0) is 43.0 Å². The molecule has 1 fully saturated rings. The van der Waals surface area contributed by atoms with Crippen LogP contribution in [0.3, 0.4) is 0 Å². The largest absolute Gasteiger partial charge is 0.497 e. The minimum absolute atomic E-state index is 0.154. The van der Waals surface area contributed by atoms with E-state index in [1.165, 1.54) is 11.7 Å². The average Bonchev–Trinajstić information content (AvgIpc) is 2.81. The molecule has 1 aromatic heterocycles. The molecule has 0 saturated carbocycles. The van der Waals surface area contributed by atoms with Gasteiger partial charge in [0.05, 0.1) is 25.4 Å². The molecule has 1 N–H and O–H groups in total. The molecule has 1 saturated heterocycles. The van der Waals surface area contributed by atoms with Crippen molar-refractivity contribution in [1.82, 2.24) is 9.55 Å². The lowest BCUT2D eigenvalue weighted by Crippen LogP contribution is -2.37. The van der Waals surface area contributed by atoms with E-state index in [-0.39, 0.29) is 12.5 Å². The number of fused-ring (bicyclic) bond motifs is 1. The number of nitrogens with zero attached hydrogens (tertiary/aromatic N) is 3. The van der Waals surface area contributed by atoms with E-state index in [4.69, 9.17) is 9.47 Å². The topological polar surface area (TPSA) is 85.7 Å². The van der Waals surface area contributed by atoms with Crippen molar-refractivity contribution in [3.05, 3.63) is 52.9 Å². The lowest BCUT2D eigenvalue weighted by Gasteiger charge is -2.32. The van der Waals surface area contributed by atoms with Gasteiger partial charge in [-0.1, -0.05) is 19.1 Å². The third-order valence-corrected chi connectivity index (χ3v) is 5.94. The second-order valence-corrected chi connectivity index (χ2v) is 8.11. The molecule has 168 valence electrons. The lowest BCUT2D eigenvalue weighted by molar-refractivity contribution is -0.116. The molecule has 2 aromatic carbocycles. The molecule has 0 radical (unpaired) electrons. The number of hydrogen-bond acceptors (Lipinski definition) is 6. The van der Waals surface area contributed by atoms with Crippen LogP contribution < -0.4 is 25.4 Å². The number of rotatable bonds is 6. The number of hydrogen-bond donors (Lipinski definition) is 1. The van der Waals surface area contributed by atoms with E-state index in [1.807, 2.05) is 24.3 Å². The van der Waals surface area contributed by atoms with Gasteiger partial charge in [-0.2, -0.15) is 4.98 Å². The molecule has 4 rings (SSSR count). The first kappa shape index (κ1) is 21.7. The molecule has 8 nitrogen and oxygen atoms in total. The summed E-state index contributed by atoms with van der Waals surface area (Å²) >= 11 is 0. The maximum atomic E-state index is 13.0. The highest BCUT2D eigenvalue weighted by Gasteiger charge is 2.21. The Labute approximate surface area is 186 Å². The van der Waals surface area contributed by atoms with E-state index in [1.54, 1.807) is 25.3 Å². The number of anilines is 2. The van der Waals surface area contributed by atoms with Crippen LogP contribution in [0.2, 0.25) is 0 Å². The number of benzene rings is 2. The predicted octanol–water partition coefficient (Wildman–Crippen LogP) is 3.29. The lowest BCUT2D eigenvalue weighted by atomic mass is 9.99. The number of ether oxygens (including phenoxy) is 2. The molecule has 0 spiro atoms. The number of carbonyl (C=O) groups is 1. The van der Waals surface area contributed by atoms with Crippen molar-refractivity contribution in [2.45, 2.75) is 26.3 Å². The number of nitrogens with one attached hydrogen (secondary N) is 1. The van der Waals surface area contributed by atoms with E-state index >= 15 is 0 Å². The molecule has 0 unspecified atom stereocenters. The maximum absolute atomic E-state index is 13.0. The van der Waals surface area contributed by atoms with Crippen LogP contribution in [-0.2, 0) is 11.3 Å². The van der Waals surface area contributed by atoms with Gasteiger partial charge in [-0.3, -0.25) is 9.36 Å². The second kappa shape index (κ2) is 9.30. The molecule has 1 aliphatic heterocycles. The smallest absolute Gasteiger partial charge is 0.350 e.